The van der Waals surface area contributed by atoms with Crippen molar-refractivity contribution in [3.05, 3.63) is 65.2 Å². The maximum absolute atomic E-state index is 13.5. The topological polar surface area (TPSA) is 61.9 Å². The van der Waals surface area contributed by atoms with Gasteiger partial charge in [0.05, 0.1) is 24.6 Å². The van der Waals surface area contributed by atoms with Gasteiger partial charge in [-0.25, -0.2) is 4.79 Å². The number of piperidine rings is 2. The second-order valence-electron chi connectivity index (χ2n) is 10.7. The van der Waals surface area contributed by atoms with Crippen molar-refractivity contribution < 1.29 is 14.3 Å². The Morgan fingerprint density at radius 3 is 2.77 bits per heavy atom. The number of rotatable bonds is 5. The van der Waals surface area contributed by atoms with E-state index in [1.165, 1.54) is 11.1 Å². The molecule has 5 rings (SSSR count). The van der Waals surface area contributed by atoms with E-state index >= 15 is 0 Å². The van der Waals surface area contributed by atoms with Crippen molar-refractivity contribution >= 4 is 11.9 Å². The van der Waals surface area contributed by atoms with Gasteiger partial charge in [-0.2, -0.15) is 0 Å². The van der Waals surface area contributed by atoms with Crippen LogP contribution in [0, 0.1) is 11.8 Å². The van der Waals surface area contributed by atoms with E-state index in [1.54, 1.807) is 0 Å². The largest absolute Gasteiger partial charge is 0.493 e. The molecule has 2 fully saturated rings. The predicted molar refractivity (Wildman–Crippen MR) is 136 cm³/mol. The fourth-order valence-electron chi connectivity index (χ4n) is 5.99. The second-order valence-corrected chi connectivity index (χ2v) is 10.7. The van der Waals surface area contributed by atoms with E-state index in [0.29, 0.717) is 19.1 Å². The van der Waals surface area contributed by atoms with E-state index in [9.17, 15) is 9.59 Å². The number of carbonyl (C=O) groups excluding carboxylic acids is 2. The molecule has 0 saturated carbocycles. The number of nitrogens with zero attached hydrogens (tertiary/aromatic N) is 2. The van der Waals surface area contributed by atoms with Gasteiger partial charge in [0.25, 0.3) is 0 Å². The van der Waals surface area contributed by atoms with Crippen molar-refractivity contribution in [2.75, 3.05) is 19.7 Å². The summed E-state index contributed by atoms with van der Waals surface area (Å²) in [6, 6.07) is 16.2. The highest BCUT2D eigenvalue weighted by Gasteiger charge is 2.48. The molecule has 3 aliphatic heterocycles. The maximum Gasteiger partial charge on any atom is 0.318 e. The summed E-state index contributed by atoms with van der Waals surface area (Å²) in [5.74, 6) is 1.40. The van der Waals surface area contributed by atoms with E-state index in [-0.39, 0.29) is 36.0 Å². The molecule has 0 bridgehead atoms. The number of hydrogen-bond donors (Lipinski definition) is 1. The van der Waals surface area contributed by atoms with Crippen LogP contribution in [0.5, 0.6) is 5.75 Å². The zero-order valence-corrected chi connectivity index (χ0v) is 21.1. The number of nitrogens with one attached hydrogen (secondary N) is 1. The van der Waals surface area contributed by atoms with Crippen molar-refractivity contribution in [2.45, 2.75) is 64.6 Å². The highest BCUT2D eigenvalue weighted by atomic mass is 16.5. The van der Waals surface area contributed by atoms with Crippen molar-refractivity contribution in [1.29, 1.82) is 0 Å². The van der Waals surface area contributed by atoms with E-state index < -0.39 is 0 Å². The zero-order chi connectivity index (χ0) is 24.5. The number of benzene rings is 2. The molecular formula is C29H37N3O3. The maximum atomic E-state index is 13.5. The van der Waals surface area contributed by atoms with Gasteiger partial charge >= 0.3 is 6.03 Å². The molecule has 4 atom stereocenters. The Morgan fingerprint density at radius 1 is 1.11 bits per heavy atom. The summed E-state index contributed by atoms with van der Waals surface area (Å²) < 4.78 is 5.88. The Kier molecular flexibility index (Phi) is 6.72. The van der Waals surface area contributed by atoms with Crippen LogP contribution < -0.4 is 10.1 Å². The summed E-state index contributed by atoms with van der Waals surface area (Å²) in [5.41, 5.74) is 3.60. The number of hydrogen-bond acceptors (Lipinski definition) is 3. The third-order valence-corrected chi connectivity index (χ3v) is 7.80. The van der Waals surface area contributed by atoms with Gasteiger partial charge in [0.15, 0.2) is 0 Å². The van der Waals surface area contributed by atoms with Crippen LogP contribution >= 0.6 is 0 Å². The smallest absolute Gasteiger partial charge is 0.318 e. The molecule has 6 heteroatoms. The number of carbonyl (C=O) groups is 2. The van der Waals surface area contributed by atoms with Crippen LogP contribution in [-0.4, -0.2) is 47.5 Å². The van der Waals surface area contributed by atoms with Crippen molar-refractivity contribution in [1.82, 2.24) is 15.1 Å². The molecule has 186 valence electrons. The summed E-state index contributed by atoms with van der Waals surface area (Å²) in [6.07, 6.45) is 3.45. The average molecular weight is 476 g/mol. The minimum Gasteiger partial charge on any atom is -0.493 e. The Morgan fingerprint density at radius 2 is 1.94 bits per heavy atom. The number of fused-ring (bicyclic) bond motifs is 4. The van der Waals surface area contributed by atoms with Crippen molar-refractivity contribution in [3.63, 3.8) is 0 Å². The molecule has 3 heterocycles. The molecule has 0 aliphatic carbocycles. The van der Waals surface area contributed by atoms with Crippen LogP contribution in [0.15, 0.2) is 48.5 Å². The summed E-state index contributed by atoms with van der Waals surface area (Å²) in [6.45, 7) is 8.39. The summed E-state index contributed by atoms with van der Waals surface area (Å²) in [7, 11) is 0. The quantitative estimate of drug-likeness (QED) is 0.654. The van der Waals surface area contributed by atoms with Crippen LogP contribution in [0.25, 0.3) is 0 Å². The molecule has 0 aromatic heterocycles. The summed E-state index contributed by atoms with van der Waals surface area (Å²) in [4.78, 5) is 31.0. The van der Waals surface area contributed by atoms with Gasteiger partial charge in [-0.1, -0.05) is 50.2 Å². The molecule has 2 aromatic rings. The molecule has 3 amide bonds. The van der Waals surface area contributed by atoms with Gasteiger partial charge < -0.3 is 19.9 Å². The molecular weight excluding hydrogens is 438 g/mol. The number of urea groups is 1. The molecule has 6 nitrogen and oxygen atoms in total. The lowest BCUT2D eigenvalue weighted by Crippen LogP contribution is -2.61. The molecule has 0 unspecified atom stereocenters. The zero-order valence-electron chi connectivity index (χ0n) is 21.1. The normalized spacial score (nSPS) is 24.3. The minimum absolute atomic E-state index is 0.0587. The predicted octanol–water partition coefficient (Wildman–Crippen LogP) is 5.10. The second kappa shape index (κ2) is 9.92. The van der Waals surface area contributed by atoms with Crippen molar-refractivity contribution in [3.8, 4) is 5.75 Å². The number of likely N-dealkylation sites (tertiary alicyclic amines) is 1. The van der Waals surface area contributed by atoms with Crippen LogP contribution in [0.3, 0.4) is 0 Å². The van der Waals surface area contributed by atoms with Gasteiger partial charge in [0.1, 0.15) is 5.75 Å². The average Bonchev–Trinajstić information content (AvgIpc) is 2.87. The lowest BCUT2D eigenvalue weighted by Gasteiger charge is -2.51. The third kappa shape index (κ3) is 4.75. The fourth-order valence-corrected chi connectivity index (χ4v) is 5.99. The Balaban J connectivity index is 1.31. The van der Waals surface area contributed by atoms with E-state index in [1.807, 2.05) is 36.1 Å². The number of amides is 3. The standard InChI is InChI=1S/C29H37N3O3/c1-19(2)18-35-23-10-6-9-22(16-23)20(3)30-29(34)32-14-7-12-25-27(32)17-26-24-11-5-4-8-21(24)13-15-31(26)28(25)33/h4-6,8-11,16,19-20,25-27H,7,12-15,17-18H2,1-3H3,(H,30,34)/t20-,25-,26+,27-/m1/s1. The van der Waals surface area contributed by atoms with Gasteiger partial charge in [-0.3, -0.25) is 4.79 Å². The first kappa shape index (κ1) is 23.7. The van der Waals surface area contributed by atoms with Gasteiger partial charge in [-0.15, -0.1) is 0 Å². The lowest BCUT2D eigenvalue weighted by atomic mass is 9.76. The molecule has 2 aromatic carbocycles. The monoisotopic (exact) mass is 475 g/mol. The SMILES string of the molecule is CC(C)COc1cccc([C@@H](C)NC(=O)N2CCC[C@H]3C(=O)N4CCc5ccccc5[C@@H]4C[C@H]32)c1. The van der Waals surface area contributed by atoms with Crippen LogP contribution in [0.4, 0.5) is 4.79 Å². The summed E-state index contributed by atoms with van der Waals surface area (Å²) in [5, 5.41) is 3.20. The van der Waals surface area contributed by atoms with Crippen LogP contribution in [0.1, 0.15) is 68.8 Å². The highest BCUT2D eigenvalue weighted by Crippen LogP contribution is 2.43. The molecule has 0 spiro atoms. The molecule has 3 aliphatic rings. The van der Waals surface area contributed by atoms with Crippen molar-refractivity contribution in [2.24, 2.45) is 11.8 Å². The van der Waals surface area contributed by atoms with Crippen LogP contribution in [0.2, 0.25) is 0 Å². The first-order chi connectivity index (χ1) is 16.9. The third-order valence-electron chi connectivity index (χ3n) is 7.80. The first-order valence-corrected chi connectivity index (χ1v) is 13.1. The van der Waals surface area contributed by atoms with Gasteiger partial charge in [0.2, 0.25) is 5.91 Å². The minimum atomic E-state index is -0.156. The van der Waals surface area contributed by atoms with Gasteiger partial charge in [0, 0.05) is 19.1 Å². The van der Waals surface area contributed by atoms with Crippen LogP contribution in [-0.2, 0) is 11.2 Å². The Bertz CT molecular complexity index is 1080. The van der Waals surface area contributed by atoms with E-state index in [0.717, 1.165) is 43.5 Å². The molecule has 35 heavy (non-hydrogen) atoms. The lowest BCUT2D eigenvalue weighted by molar-refractivity contribution is -0.148. The first-order valence-electron chi connectivity index (χ1n) is 13.1. The van der Waals surface area contributed by atoms with Gasteiger partial charge in [-0.05, 0) is 67.3 Å². The molecule has 1 N–H and O–H groups in total. The van der Waals surface area contributed by atoms with E-state index in [2.05, 4.69) is 48.3 Å². The Labute approximate surface area is 208 Å². The Hall–Kier alpha value is -3.02. The number of ether oxygens (including phenoxy) is 1. The summed E-state index contributed by atoms with van der Waals surface area (Å²) >= 11 is 0. The molecule has 2 saturated heterocycles. The molecule has 0 radical (unpaired) electrons. The fraction of sp³-hybridized carbons (Fsp3) is 0.517. The van der Waals surface area contributed by atoms with E-state index in [4.69, 9.17) is 4.74 Å². The highest BCUT2D eigenvalue weighted by molar-refractivity contribution is 5.83.